The third kappa shape index (κ3) is 3.95. The summed E-state index contributed by atoms with van der Waals surface area (Å²) in [6.45, 7) is 4.51. The molecule has 2 saturated carbocycles. The third-order valence-electron chi connectivity index (χ3n) is 6.80. The molecule has 0 spiro atoms. The number of benzene rings is 1. The number of rotatable bonds is 3. The molecule has 2 aliphatic rings. The Balaban J connectivity index is 1.62. The van der Waals surface area contributed by atoms with Crippen molar-refractivity contribution in [3.8, 4) is 0 Å². The van der Waals surface area contributed by atoms with Gasteiger partial charge < -0.3 is 0 Å². The quantitative estimate of drug-likeness (QED) is 0.567. The maximum absolute atomic E-state index is 5.97. The van der Waals surface area contributed by atoms with Crippen LogP contribution in [0.5, 0.6) is 0 Å². The minimum atomic E-state index is 0.779. The van der Waals surface area contributed by atoms with Crippen LogP contribution >= 0.6 is 21.7 Å². The second-order valence-corrected chi connectivity index (χ2v) is 9.17. The topological polar surface area (TPSA) is 0 Å². The molecule has 0 aromatic heterocycles. The van der Waals surface area contributed by atoms with Crippen LogP contribution in [0, 0.1) is 25.7 Å². The summed E-state index contributed by atoms with van der Waals surface area (Å²) in [7, 11) is 9.76. The molecule has 2 aliphatic carbocycles. The van der Waals surface area contributed by atoms with Crippen LogP contribution in [-0.2, 0) is 0 Å². The maximum atomic E-state index is 5.97. The summed E-state index contributed by atoms with van der Waals surface area (Å²) in [5.74, 6) is 3.80. The normalized spacial score (nSPS) is 32.0. The Labute approximate surface area is 152 Å². The Kier molecular flexibility index (Phi) is 6.07. The van der Waals surface area contributed by atoms with E-state index >= 15 is 0 Å². The van der Waals surface area contributed by atoms with Gasteiger partial charge in [0.2, 0.25) is 0 Å². The maximum Gasteiger partial charge on any atom is 0.105 e. The minimum absolute atomic E-state index is 0.779. The van der Waals surface area contributed by atoms with Crippen LogP contribution in [0.1, 0.15) is 74.0 Å². The van der Waals surface area contributed by atoms with E-state index in [1.807, 2.05) is 0 Å². The van der Waals surface area contributed by atoms with Crippen LogP contribution in [0.2, 0.25) is 5.82 Å². The number of halogens is 1. The van der Waals surface area contributed by atoms with Crippen molar-refractivity contribution in [1.82, 2.24) is 0 Å². The van der Waals surface area contributed by atoms with Gasteiger partial charge in [-0.1, -0.05) is 37.6 Å². The first kappa shape index (κ1) is 17.7. The van der Waals surface area contributed by atoms with Crippen molar-refractivity contribution < 1.29 is 0 Å². The standard InChI is InChI=1S/C20H30BClS/c1-13-14(2)20(23-22)12-11-19(13)17-5-3-15(4-6-17)16-7-9-18(21)10-8-16/h11-12,15-18H,3-10,21H2,1-2H3. The van der Waals surface area contributed by atoms with Gasteiger partial charge >= 0.3 is 0 Å². The smallest absolute Gasteiger partial charge is 0.0697 e. The van der Waals surface area contributed by atoms with E-state index in [0.29, 0.717) is 0 Å². The molecule has 0 heterocycles. The Morgan fingerprint density at radius 2 is 1.43 bits per heavy atom. The number of hydrogen-bond donors (Lipinski definition) is 0. The van der Waals surface area contributed by atoms with Gasteiger partial charge in [-0.15, -0.1) is 0 Å². The lowest BCUT2D eigenvalue weighted by atomic mass is 9.65. The summed E-state index contributed by atoms with van der Waals surface area (Å²) in [6, 6.07) is 4.57. The lowest BCUT2D eigenvalue weighted by molar-refractivity contribution is 0.186. The van der Waals surface area contributed by atoms with E-state index in [-0.39, 0.29) is 0 Å². The molecule has 1 aromatic carbocycles. The second kappa shape index (κ2) is 7.87. The predicted molar refractivity (Wildman–Crippen MR) is 107 cm³/mol. The van der Waals surface area contributed by atoms with Crippen molar-refractivity contribution >= 4 is 29.5 Å². The van der Waals surface area contributed by atoms with Crippen molar-refractivity contribution in [3.05, 3.63) is 28.8 Å². The second-order valence-electron chi connectivity index (χ2n) is 8.11. The molecule has 23 heavy (non-hydrogen) atoms. The fourth-order valence-corrected chi connectivity index (χ4v) is 5.89. The van der Waals surface area contributed by atoms with Crippen LogP contribution in [0.15, 0.2) is 17.0 Å². The highest BCUT2D eigenvalue weighted by Gasteiger charge is 2.30. The molecule has 0 amide bonds. The first-order valence-corrected chi connectivity index (χ1v) is 11.1. The van der Waals surface area contributed by atoms with E-state index in [2.05, 4.69) is 33.8 Å². The average molecular weight is 349 g/mol. The largest absolute Gasteiger partial charge is 0.105 e. The van der Waals surface area contributed by atoms with Gasteiger partial charge in [0.1, 0.15) is 7.85 Å². The SMILES string of the molecule is BC1CCC(C2CCC(c3ccc(SCl)c(C)c3C)CC2)CC1. The highest BCUT2D eigenvalue weighted by molar-refractivity contribution is 8.21. The van der Waals surface area contributed by atoms with E-state index in [1.165, 1.54) is 78.4 Å². The van der Waals surface area contributed by atoms with E-state index in [1.54, 1.807) is 5.56 Å². The summed E-state index contributed by atoms with van der Waals surface area (Å²) in [5, 5.41) is 0. The fourth-order valence-electron chi connectivity index (χ4n) is 5.00. The van der Waals surface area contributed by atoms with E-state index in [4.69, 9.17) is 10.7 Å². The molecule has 3 heteroatoms. The Hall–Kier alpha value is -0.0751. The van der Waals surface area contributed by atoms with E-state index in [0.717, 1.165) is 23.6 Å². The van der Waals surface area contributed by atoms with Crippen LogP contribution in [0.4, 0.5) is 0 Å². The van der Waals surface area contributed by atoms with Gasteiger partial charge in [-0.25, -0.2) is 0 Å². The zero-order chi connectivity index (χ0) is 16.4. The predicted octanol–water partition coefficient (Wildman–Crippen LogP) is 6.43. The molecule has 0 radical (unpaired) electrons. The van der Waals surface area contributed by atoms with Gasteiger partial charge in [-0.05, 0) is 102 Å². The van der Waals surface area contributed by atoms with Crippen LogP contribution < -0.4 is 0 Å². The van der Waals surface area contributed by atoms with Crippen molar-refractivity contribution in [2.45, 2.75) is 81.8 Å². The van der Waals surface area contributed by atoms with E-state index in [9.17, 15) is 0 Å². The summed E-state index contributed by atoms with van der Waals surface area (Å²) in [4.78, 5) is 1.22. The van der Waals surface area contributed by atoms with Crippen molar-refractivity contribution in [1.29, 1.82) is 0 Å². The summed E-state index contributed by atoms with van der Waals surface area (Å²) >= 11 is 0. The van der Waals surface area contributed by atoms with Crippen LogP contribution in [0.3, 0.4) is 0 Å². The monoisotopic (exact) mass is 348 g/mol. The zero-order valence-corrected chi connectivity index (χ0v) is 16.5. The molecule has 0 atom stereocenters. The van der Waals surface area contributed by atoms with Crippen molar-refractivity contribution in [2.24, 2.45) is 11.8 Å². The van der Waals surface area contributed by atoms with Crippen molar-refractivity contribution in [2.75, 3.05) is 0 Å². The molecule has 0 aliphatic heterocycles. The molecule has 0 bridgehead atoms. The van der Waals surface area contributed by atoms with Gasteiger partial charge in [0, 0.05) is 4.90 Å². The van der Waals surface area contributed by atoms with Gasteiger partial charge in [-0.3, -0.25) is 0 Å². The molecular weight excluding hydrogens is 319 g/mol. The van der Waals surface area contributed by atoms with Crippen molar-refractivity contribution in [3.63, 3.8) is 0 Å². The average Bonchev–Trinajstić information content (AvgIpc) is 2.58. The Morgan fingerprint density at radius 1 is 0.870 bits per heavy atom. The highest BCUT2D eigenvalue weighted by atomic mass is 35.7. The Morgan fingerprint density at radius 3 is 2.00 bits per heavy atom. The highest BCUT2D eigenvalue weighted by Crippen LogP contribution is 2.45. The van der Waals surface area contributed by atoms with Gasteiger partial charge in [0.25, 0.3) is 0 Å². The van der Waals surface area contributed by atoms with Crippen LogP contribution in [-0.4, -0.2) is 7.85 Å². The lowest BCUT2D eigenvalue weighted by Crippen LogP contribution is -2.24. The van der Waals surface area contributed by atoms with Gasteiger partial charge in [0.05, 0.1) is 0 Å². The molecule has 3 rings (SSSR count). The van der Waals surface area contributed by atoms with Gasteiger partial charge in [-0.2, -0.15) is 0 Å². The summed E-state index contributed by atoms with van der Waals surface area (Å²) in [6.07, 6.45) is 11.6. The first-order valence-electron chi connectivity index (χ1n) is 9.48. The Bertz CT molecular complexity index is 529. The van der Waals surface area contributed by atoms with E-state index < -0.39 is 0 Å². The summed E-state index contributed by atoms with van der Waals surface area (Å²) in [5.41, 5.74) is 4.45. The molecule has 1 aromatic rings. The van der Waals surface area contributed by atoms with Crippen LogP contribution in [0.25, 0.3) is 0 Å². The molecule has 0 N–H and O–H groups in total. The first-order chi connectivity index (χ1) is 11.1. The third-order valence-corrected chi connectivity index (χ3v) is 7.91. The minimum Gasteiger partial charge on any atom is -0.0697 e. The number of hydrogen-bond acceptors (Lipinski definition) is 1. The molecule has 0 unspecified atom stereocenters. The van der Waals surface area contributed by atoms with Gasteiger partial charge in [0.15, 0.2) is 0 Å². The molecule has 126 valence electrons. The molecule has 2 fully saturated rings. The lowest BCUT2D eigenvalue weighted by Gasteiger charge is -2.37. The summed E-state index contributed by atoms with van der Waals surface area (Å²) < 4.78 is 0. The molecule has 0 nitrogen and oxygen atoms in total. The molecular formula is C20H30BClS. The fraction of sp³-hybridized carbons (Fsp3) is 0.700. The molecule has 0 saturated heterocycles. The zero-order valence-electron chi connectivity index (χ0n) is 14.9.